The van der Waals surface area contributed by atoms with Gasteiger partial charge in [-0.15, -0.1) is 0 Å². The molecule has 1 amide bonds. The van der Waals surface area contributed by atoms with Gasteiger partial charge in [0.15, 0.2) is 11.3 Å². The number of para-hydroxylation sites is 1. The SMILES string of the molecule is CCOc1cccc2cc(C(C)NS(=O)(=O)c3ccc(N4CCCC4=O)cc3)oc12. The molecule has 7 nitrogen and oxygen atoms in total. The molecule has 0 aliphatic carbocycles. The van der Waals surface area contributed by atoms with Gasteiger partial charge in [-0.1, -0.05) is 12.1 Å². The van der Waals surface area contributed by atoms with Crippen molar-refractivity contribution in [3.05, 3.63) is 54.3 Å². The van der Waals surface area contributed by atoms with Crippen LogP contribution >= 0.6 is 0 Å². The minimum Gasteiger partial charge on any atom is -0.490 e. The molecule has 0 bridgehead atoms. The molecule has 1 aliphatic rings. The summed E-state index contributed by atoms with van der Waals surface area (Å²) in [6.45, 7) is 4.80. The average Bonchev–Trinajstić information content (AvgIpc) is 3.35. The third-order valence-electron chi connectivity index (χ3n) is 5.12. The molecule has 2 aromatic carbocycles. The molecule has 0 spiro atoms. The lowest BCUT2D eigenvalue weighted by atomic mass is 10.2. The van der Waals surface area contributed by atoms with Gasteiger partial charge in [0.05, 0.1) is 17.5 Å². The second kappa shape index (κ2) is 8.12. The summed E-state index contributed by atoms with van der Waals surface area (Å²) in [5.74, 6) is 1.19. The Hall–Kier alpha value is -2.84. The molecule has 30 heavy (non-hydrogen) atoms. The predicted octanol–water partition coefficient (Wildman–Crippen LogP) is 4.00. The van der Waals surface area contributed by atoms with Gasteiger partial charge in [0, 0.05) is 24.0 Å². The fourth-order valence-corrected chi connectivity index (χ4v) is 4.84. The Bertz CT molecular complexity index is 1170. The van der Waals surface area contributed by atoms with Gasteiger partial charge in [-0.05, 0) is 56.7 Å². The number of nitrogens with zero attached hydrogens (tertiary/aromatic N) is 1. The molecule has 1 aromatic heterocycles. The largest absolute Gasteiger partial charge is 0.490 e. The van der Waals surface area contributed by atoms with Crippen molar-refractivity contribution in [1.82, 2.24) is 4.72 Å². The zero-order valence-corrected chi connectivity index (χ0v) is 17.7. The van der Waals surface area contributed by atoms with Gasteiger partial charge in [-0.3, -0.25) is 4.79 Å². The molecule has 1 fully saturated rings. The van der Waals surface area contributed by atoms with E-state index >= 15 is 0 Å². The fourth-order valence-electron chi connectivity index (χ4n) is 3.62. The lowest BCUT2D eigenvalue weighted by Gasteiger charge is -2.16. The van der Waals surface area contributed by atoms with Gasteiger partial charge in [0.2, 0.25) is 15.9 Å². The van der Waals surface area contributed by atoms with Crippen molar-refractivity contribution in [2.75, 3.05) is 18.1 Å². The number of sulfonamides is 1. The summed E-state index contributed by atoms with van der Waals surface area (Å²) < 4.78 is 39.8. The van der Waals surface area contributed by atoms with Crippen LogP contribution in [0.3, 0.4) is 0 Å². The Morgan fingerprint density at radius 3 is 2.63 bits per heavy atom. The highest BCUT2D eigenvalue weighted by molar-refractivity contribution is 7.89. The van der Waals surface area contributed by atoms with Crippen molar-refractivity contribution in [1.29, 1.82) is 0 Å². The van der Waals surface area contributed by atoms with Crippen molar-refractivity contribution in [3.63, 3.8) is 0 Å². The number of ether oxygens (including phenoxy) is 1. The zero-order valence-electron chi connectivity index (χ0n) is 16.9. The summed E-state index contributed by atoms with van der Waals surface area (Å²) in [5.41, 5.74) is 1.31. The molecule has 1 N–H and O–H groups in total. The van der Waals surface area contributed by atoms with Crippen molar-refractivity contribution in [3.8, 4) is 5.75 Å². The van der Waals surface area contributed by atoms with Crippen LogP contribution in [0.1, 0.15) is 38.5 Å². The maximum absolute atomic E-state index is 12.8. The van der Waals surface area contributed by atoms with Gasteiger partial charge in [0.1, 0.15) is 5.76 Å². The minimum atomic E-state index is -3.76. The van der Waals surface area contributed by atoms with Gasteiger partial charge in [0.25, 0.3) is 0 Å². The van der Waals surface area contributed by atoms with Crippen LogP contribution in [0.2, 0.25) is 0 Å². The second-order valence-electron chi connectivity index (χ2n) is 7.24. The molecule has 1 unspecified atom stereocenters. The lowest BCUT2D eigenvalue weighted by molar-refractivity contribution is -0.117. The Balaban J connectivity index is 1.53. The van der Waals surface area contributed by atoms with E-state index in [-0.39, 0.29) is 10.8 Å². The van der Waals surface area contributed by atoms with Crippen LogP contribution in [-0.4, -0.2) is 27.5 Å². The van der Waals surface area contributed by atoms with Crippen LogP contribution in [0.15, 0.2) is 57.8 Å². The van der Waals surface area contributed by atoms with E-state index in [1.165, 1.54) is 12.1 Å². The molecule has 3 aromatic rings. The zero-order chi connectivity index (χ0) is 21.3. The molecule has 1 atom stereocenters. The first kappa shape index (κ1) is 20.4. The molecule has 2 heterocycles. The average molecular weight is 429 g/mol. The van der Waals surface area contributed by atoms with E-state index in [0.29, 0.717) is 42.4 Å². The number of carbonyl (C=O) groups is 1. The number of rotatable bonds is 7. The first-order valence-electron chi connectivity index (χ1n) is 9.97. The highest BCUT2D eigenvalue weighted by Crippen LogP contribution is 2.32. The van der Waals surface area contributed by atoms with Crippen molar-refractivity contribution < 1.29 is 22.4 Å². The first-order valence-corrected chi connectivity index (χ1v) is 11.5. The van der Waals surface area contributed by atoms with Crippen LogP contribution in [0.4, 0.5) is 5.69 Å². The van der Waals surface area contributed by atoms with E-state index in [1.54, 1.807) is 24.0 Å². The summed E-state index contributed by atoms with van der Waals surface area (Å²) >= 11 is 0. The number of anilines is 1. The van der Waals surface area contributed by atoms with E-state index in [2.05, 4.69) is 4.72 Å². The van der Waals surface area contributed by atoms with Crippen LogP contribution in [0.25, 0.3) is 11.0 Å². The van der Waals surface area contributed by atoms with E-state index in [9.17, 15) is 13.2 Å². The fraction of sp³-hybridized carbons (Fsp3) is 0.318. The summed E-state index contributed by atoms with van der Waals surface area (Å²) in [4.78, 5) is 13.7. The van der Waals surface area contributed by atoms with Crippen LogP contribution < -0.4 is 14.4 Å². The quantitative estimate of drug-likeness (QED) is 0.614. The molecule has 0 saturated carbocycles. The Kier molecular flexibility index (Phi) is 5.53. The second-order valence-corrected chi connectivity index (χ2v) is 8.96. The van der Waals surface area contributed by atoms with E-state index in [1.807, 2.05) is 31.2 Å². The number of hydrogen-bond acceptors (Lipinski definition) is 5. The third kappa shape index (κ3) is 3.93. The number of fused-ring (bicyclic) bond motifs is 1. The highest BCUT2D eigenvalue weighted by atomic mass is 32.2. The van der Waals surface area contributed by atoms with E-state index in [0.717, 1.165) is 11.8 Å². The van der Waals surface area contributed by atoms with E-state index < -0.39 is 16.1 Å². The van der Waals surface area contributed by atoms with Crippen LogP contribution in [0, 0.1) is 0 Å². The normalized spacial score (nSPS) is 15.7. The van der Waals surface area contributed by atoms with Gasteiger partial charge >= 0.3 is 0 Å². The summed E-state index contributed by atoms with van der Waals surface area (Å²) in [6, 6.07) is 13.2. The maximum atomic E-state index is 12.8. The molecular weight excluding hydrogens is 404 g/mol. The van der Waals surface area contributed by atoms with Gasteiger partial charge in [-0.25, -0.2) is 13.1 Å². The van der Waals surface area contributed by atoms with Crippen LogP contribution in [-0.2, 0) is 14.8 Å². The lowest BCUT2D eigenvalue weighted by Crippen LogP contribution is -2.27. The number of benzene rings is 2. The molecule has 158 valence electrons. The number of carbonyl (C=O) groups excluding carboxylic acids is 1. The first-order chi connectivity index (χ1) is 14.4. The molecule has 8 heteroatoms. The van der Waals surface area contributed by atoms with Crippen molar-refractivity contribution in [2.45, 2.75) is 37.6 Å². The van der Waals surface area contributed by atoms with Crippen molar-refractivity contribution >= 4 is 32.6 Å². The molecule has 1 saturated heterocycles. The van der Waals surface area contributed by atoms with E-state index in [4.69, 9.17) is 9.15 Å². The Morgan fingerprint density at radius 2 is 1.97 bits per heavy atom. The predicted molar refractivity (Wildman–Crippen MR) is 114 cm³/mol. The number of hydrogen-bond donors (Lipinski definition) is 1. The molecule has 1 aliphatic heterocycles. The monoisotopic (exact) mass is 428 g/mol. The number of amides is 1. The van der Waals surface area contributed by atoms with Crippen molar-refractivity contribution in [2.24, 2.45) is 0 Å². The maximum Gasteiger partial charge on any atom is 0.241 e. The number of furan rings is 1. The summed E-state index contributed by atoms with van der Waals surface area (Å²) in [5, 5.41) is 0.849. The molecule has 4 rings (SSSR count). The summed E-state index contributed by atoms with van der Waals surface area (Å²) in [7, 11) is -3.76. The summed E-state index contributed by atoms with van der Waals surface area (Å²) in [6.07, 6.45) is 1.35. The third-order valence-corrected chi connectivity index (χ3v) is 6.67. The van der Waals surface area contributed by atoms with Crippen LogP contribution in [0.5, 0.6) is 5.75 Å². The highest BCUT2D eigenvalue weighted by Gasteiger charge is 2.24. The van der Waals surface area contributed by atoms with Gasteiger partial charge < -0.3 is 14.1 Å². The topological polar surface area (TPSA) is 88.9 Å². The molecule has 0 radical (unpaired) electrons. The standard InChI is InChI=1S/C22H24N2O5S/c1-3-28-19-7-4-6-16-14-20(29-22(16)19)15(2)23-30(26,27)18-11-9-17(10-12-18)24-13-5-8-21(24)25/h4,6-7,9-12,14-15,23H,3,5,8,13H2,1-2H3. The smallest absolute Gasteiger partial charge is 0.241 e. The minimum absolute atomic E-state index is 0.0636. The molecular formula is C22H24N2O5S. The number of nitrogens with one attached hydrogen (secondary N) is 1. The Labute approximate surface area is 175 Å². The van der Waals surface area contributed by atoms with Gasteiger partial charge in [-0.2, -0.15) is 0 Å². The Morgan fingerprint density at radius 1 is 1.20 bits per heavy atom.